The molecule has 234 valence electrons. The molecule has 0 atom stereocenters. The average molecular weight is 632 g/mol. The summed E-state index contributed by atoms with van der Waals surface area (Å²) in [4.78, 5) is 2.33. The van der Waals surface area contributed by atoms with Gasteiger partial charge in [0, 0.05) is 27.6 Å². The number of aryl methyl sites for hydroxylation is 2. The largest absolute Gasteiger partial charge is 0.455 e. The number of benzene rings is 7. The van der Waals surface area contributed by atoms with Gasteiger partial charge in [0.2, 0.25) is 0 Å². The van der Waals surface area contributed by atoms with Crippen LogP contribution < -0.4 is 9.64 Å². The summed E-state index contributed by atoms with van der Waals surface area (Å²) < 4.78 is 13.0. The summed E-state index contributed by atoms with van der Waals surface area (Å²) in [6.45, 7) is 4.29. The monoisotopic (exact) mass is 631 g/mol. The molecule has 0 N–H and O–H groups in total. The Bertz CT molecular complexity index is 2560. The molecular formula is C46H33NO2. The van der Waals surface area contributed by atoms with E-state index in [0.29, 0.717) is 0 Å². The van der Waals surface area contributed by atoms with Gasteiger partial charge in [0.1, 0.15) is 11.5 Å². The Labute approximate surface area is 285 Å². The van der Waals surface area contributed by atoms with Gasteiger partial charge in [0.05, 0.1) is 11.4 Å². The van der Waals surface area contributed by atoms with Gasteiger partial charge < -0.3 is 14.1 Å². The molecule has 3 nitrogen and oxygen atoms in total. The summed E-state index contributed by atoms with van der Waals surface area (Å²) in [6.07, 6.45) is 1.83. The van der Waals surface area contributed by atoms with Crippen molar-refractivity contribution in [2.75, 3.05) is 4.90 Å². The van der Waals surface area contributed by atoms with Crippen molar-refractivity contribution in [2.45, 2.75) is 26.7 Å². The molecule has 0 amide bonds. The fourth-order valence-corrected chi connectivity index (χ4v) is 7.97. The number of furan rings is 1. The van der Waals surface area contributed by atoms with Crippen molar-refractivity contribution in [1.29, 1.82) is 0 Å². The van der Waals surface area contributed by atoms with Crippen LogP contribution in [-0.2, 0) is 12.8 Å². The molecule has 0 radical (unpaired) electrons. The van der Waals surface area contributed by atoms with Gasteiger partial charge in [0.15, 0.2) is 11.5 Å². The molecule has 0 unspecified atom stereocenters. The molecule has 0 spiro atoms. The van der Waals surface area contributed by atoms with Crippen molar-refractivity contribution in [3.63, 3.8) is 0 Å². The minimum absolute atomic E-state index is 0.874. The first-order valence-electron chi connectivity index (χ1n) is 17.0. The summed E-state index contributed by atoms with van der Waals surface area (Å²) >= 11 is 0. The first-order chi connectivity index (χ1) is 24.1. The van der Waals surface area contributed by atoms with Crippen LogP contribution in [0.1, 0.15) is 33.4 Å². The van der Waals surface area contributed by atoms with Gasteiger partial charge in [-0.1, -0.05) is 96.1 Å². The Hall–Kier alpha value is -6.06. The third-order valence-electron chi connectivity index (χ3n) is 10.2. The van der Waals surface area contributed by atoms with E-state index in [1.165, 1.54) is 44.2 Å². The predicted octanol–water partition coefficient (Wildman–Crippen LogP) is 12.6. The van der Waals surface area contributed by atoms with Gasteiger partial charge >= 0.3 is 0 Å². The molecule has 1 aliphatic carbocycles. The zero-order valence-electron chi connectivity index (χ0n) is 27.5. The maximum Gasteiger partial charge on any atom is 0.151 e. The second-order valence-electron chi connectivity index (χ2n) is 13.5. The topological polar surface area (TPSA) is 25.6 Å². The number of ether oxygens (including phenoxy) is 1. The van der Waals surface area contributed by atoms with E-state index in [9.17, 15) is 0 Å². The van der Waals surface area contributed by atoms with E-state index < -0.39 is 0 Å². The highest BCUT2D eigenvalue weighted by Gasteiger charge is 2.27. The first kappa shape index (κ1) is 28.0. The Balaban J connectivity index is 1.02. The van der Waals surface area contributed by atoms with Gasteiger partial charge in [-0.3, -0.25) is 0 Å². The van der Waals surface area contributed by atoms with Crippen molar-refractivity contribution in [3.8, 4) is 34.1 Å². The summed E-state index contributed by atoms with van der Waals surface area (Å²) in [6, 6.07) is 50.3. The first-order valence-corrected chi connectivity index (χ1v) is 17.0. The smallest absolute Gasteiger partial charge is 0.151 e. The Kier molecular flexibility index (Phi) is 6.13. The summed E-state index contributed by atoms with van der Waals surface area (Å²) in [5.41, 5.74) is 13.5. The number of rotatable bonds is 3. The minimum Gasteiger partial charge on any atom is -0.455 e. The van der Waals surface area contributed by atoms with Crippen LogP contribution in [0.15, 0.2) is 144 Å². The van der Waals surface area contributed by atoms with Crippen LogP contribution in [0.25, 0.3) is 44.2 Å². The number of hydrogen-bond donors (Lipinski definition) is 0. The van der Waals surface area contributed by atoms with Crippen LogP contribution in [0, 0.1) is 13.8 Å². The van der Waals surface area contributed by atoms with E-state index in [2.05, 4.69) is 134 Å². The molecule has 2 heterocycles. The van der Waals surface area contributed by atoms with Crippen LogP contribution in [0.5, 0.6) is 11.5 Å². The molecule has 0 saturated heterocycles. The van der Waals surface area contributed by atoms with Crippen molar-refractivity contribution in [3.05, 3.63) is 173 Å². The second-order valence-corrected chi connectivity index (χ2v) is 13.5. The number of hydrogen-bond acceptors (Lipinski definition) is 3. The molecule has 0 saturated carbocycles. The molecule has 0 fully saturated rings. The highest BCUT2D eigenvalue weighted by molar-refractivity contribution is 6.04. The van der Waals surface area contributed by atoms with Crippen molar-refractivity contribution in [2.24, 2.45) is 0 Å². The van der Waals surface area contributed by atoms with Gasteiger partial charge in [-0.25, -0.2) is 0 Å². The zero-order chi connectivity index (χ0) is 32.6. The van der Waals surface area contributed by atoms with Crippen molar-refractivity contribution in [1.82, 2.24) is 0 Å². The SMILES string of the molecule is Cc1cc(C)cc(-c2oc(-c3ccc4cc5c(cc4c3)Cc3ccc(N4c6ccccc6Oc6ccccc64)cc3C5)c3ccccc23)c1. The quantitative estimate of drug-likeness (QED) is 0.194. The maximum atomic E-state index is 6.75. The van der Waals surface area contributed by atoms with Crippen LogP contribution in [0.2, 0.25) is 0 Å². The van der Waals surface area contributed by atoms with Crippen LogP contribution in [-0.4, -0.2) is 0 Å². The molecule has 2 aliphatic rings. The average Bonchev–Trinajstić information content (AvgIpc) is 3.51. The fourth-order valence-electron chi connectivity index (χ4n) is 7.97. The fraction of sp³-hybridized carbons (Fsp3) is 0.0870. The van der Waals surface area contributed by atoms with Crippen LogP contribution in [0.3, 0.4) is 0 Å². The second kappa shape index (κ2) is 10.7. The zero-order valence-corrected chi connectivity index (χ0v) is 27.5. The lowest BCUT2D eigenvalue weighted by molar-refractivity contribution is 0.477. The third-order valence-corrected chi connectivity index (χ3v) is 10.2. The molecular weight excluding hydrogens is 599 g/mol. The predicted molar refractivity (Wildman–Crippen MR) is 201 cm³/mol. The maximum absolute atomic E-state index is 6.75. The number of anilines is 3. The van der Waals surface area contributed by atoms with Gasteiger partial charge in [0.25, 0.3) is 0 Å². The Morgan fingerprint density at radius 3 is 1.78 bits per heavy atom. The minimum atomic E-state index is 0.874. The van der Waals surface area contributed by atoms with E-state index >= 15 is 0 Å². The van der Waals surface area contributed by atoms with E-state index in [1.54, 1.807) is 0 Å². The van der Waals surface area contributed by atoms with Gasteiger partial charge in [-0.15, -0.1) is 0 Å². The molecule has 3 heteroatoms. The molecule has 49 heavy (non-hydrogen) atoms. The lowest BCUT2D eigenvalue weighted by Crippen LogP contribution is -2.16. The lowest BCUT2D eigenvalue weighted by atomic mass is 9.84. The molecule has 1 aliphatic heterocycles. The third kappa shape index (κ3) is 4.57. The van der Waals surface area contributed by atoms with Crippen molar-refractivity contribution >= 4 is 38.6 Å². The summed E-state index contributed by atoms with van der Waals surface area (Å²) in [5, 5.41) is 4.78. The standard InChI is InChI=1S/C46H33NO2/c1-28-19-29(2)21-37(20-28)46-40-10-4-3-9-39(40)45(49-46)32-16-15-30-22-35-26-36-27-38(18-17-31(36)23-34(35)25-33(30)24-32)47-41-11-5-7-13-43(41)48-44-14-8-6-12-42(44)47/h3-22,24-25,27H,23,26H2,1-2H3. The molecule has 7 aromatic carbocycles. The normalized spacial score (nSPS) is 13.1. The van der Waals surface area contributed by atoms with Gasteiger partial charge in [-0.05, 0) is 114 Å². The molecule has 1 aromatic heterocycles. The Morgan fingerprint density at radius 2 is 1.06 bits per heavy atom. The highest BCUT2D eigenvalue weighted by Crippen LogP contribution is 2.50. The Morgan fingerprint density at radius 1 is 0.469 bits per heavy atom. The number of fused-ring (bicyclic) bond motifs is 6. The van der Waals surface area contributed by atoms with Crippen molar-refractivity contribution < 1.29 is 9.15 Å². The van der Waals surface area contributed by atoms with E-state index in [0.717, 1.165) is 74.8 Å². The van der Waals surface area contributed by atoms with E-state index in [4.69, 9.17) is 9.15 Å². The van der Waals surface area contributed by atoms with Crippen LogP contribution >= 0.6 is 0 Å². The van der Waals surface area contributed by atoms with E-state index in [-0.39, 0.29) is 0 Å². The van der Waals surface area contributed by atoms with Gasteiger partial charge in [-0.2, -0.15) is 0 Å². The van der Waals surface area contributed by atoms with Crippen LogP contribution in [0.4, 0.5) is 17.1 Å². The summed E-state index contributed by atoms with van der Waals surface area (Å²) in [5.74, 6) is 3.61. The molecule has 8 aromatic rings. The number of nitrogens with zero attached hydrogens (tertiary/aromatic N) is 1. The molecule has 0 bridgehead atoms. The highest BCUT2D eigenvalue weighted by atomic mass is 16.5. The molecule has 10 rings (SSSR count). The lowest BCUT2D eigenvalue weighted by Gasteiger charge is -2.33. The number of para-hydroxylation sites is 4. The van der Waals surface area contributed by atoms with E-state index in [1.807, 2.05) is 24.3 Å². The summed E-state index contributed by atoms with van der Waals surface area (Å²) in [7, 11) is 0.